The highest BCUT2D eigenvalue weighted by atomic mass is 79.9. The van der Waals surface area contributed by atoms with E-state index >= 15 is 0 Å². The van der Waals surface area contributed by atoms with Gasteiger partial charge in [0.25, 0.3) is 0 Å². The molecule has 0 N–H and O–H groups in total. The minimum Gasteiger partial charge on any atom is -0.439 e. The van der Waals surface area contributed by atoms with Crippen LogP contribution in [-0.4, -0.2) is 37.0 Å². The maximum Gasteiger partial charge on any atom is 0.548 e. The Labute approximate surface area is 86.9 Å². The highest BCUT2D eigenvalue weighted by Gasteiger charge is 2.14. The molecule has 6 heteroatoms. The predicted octanol–water partition coefficient (Wildman–Crippen LogP) is 3.22. The van der Waals surface area contributed by atoms with Crippen LogP contribution in [-0.2, 0) is 0 Å². The van der Waals surface area contributed by atoms with Gasteiger partial charge in [0.05, 0.1) is 26.7 Å². The molecule has 82 valence electrons. The van der Waals surface area contributed by atoms with E-state index in [1.54, 1.807) is 0 Å². The molecule has 0 aliphatic rings. The summed E-state index contributed by atoms with van der Waals surface area (Å²) in [5, 5.41) is 0. The standard InChI is InChI=1S/C7H18N.BBrF3/c1-5-8(4,6-2)7-3;2-1(3,4)5/h5-7H2,1-4H3;/q+1;-1. The summed E-state index contributed by atoms with van der Waals surface area (Å²) in [5.41, 5.74) is 0. The SMILES string of the molecule is CC[N+](C)(CC)CC.F[B-](F)(F)Br. The number of hydrogen-bond donors (Lipinski definition) is 0. The molecular formula is C7H18BBrF3N. The van der Waals surface area contributed by atoms with E-state index in [9.17, 15) is 12.9 Å². The molecule has 13 heavy (non-hydrogen) atoms. The maximum atomic E-state index is 10.3. The Kier molecular flexibility index (Phi) is 8.13. The Balaban J connectivity index is 0. The summed E-state index contributed by atoms with van der Waals surface area (Å²) in [6.45, 7) is 10.5. The summed E-state index contributed by atoms with van der Waals surface area (Å²) in [6, 6.07) is 0. The molecule has 0 aliphatic heterocycles. The van der Waals surface area contributed by atoms with Crippen LogP contribution in [0.2, 0.25) is 0 Å². The summed E-state index contributed by atoms with van der Waals surface area (Å²) >= 11 is 1.44. The number of quaternary nitrogens is 1. The second kappa shape index (κ2) is 6.70. The van der Waals surface area contributed by atoms with Crippen molar-refractivity contribution in [3.8, 4) is 0 Å². The van der Waals surface area contributed by atoms with Gasteiger partial charge in [-0.25, -0.2) is 15.8 Å². The maximum absolute atomic E-state index is 10.3. The lowest BCUT2D eigenvalue weighted by Crippen LogP contribution is -2.42. The molecule has 0 atom stereocenters. The summed E-state index contributed by atoms with van der Waals surface area (Å²) in [5.74, 6) is -4.69. The molecule has 0 aromatic carbocycles. The lowest BCUT2D eigenvalue weighted by Gasteiger charge is -2.30. The minimum absolute atomic E-state index is 1.21. The molecule has 0 unspecified atom stereocenters. The predicted molar refractivity (Wildman–Crippen MR) is 55.8 cm³/mol. The van der Waals surface area contributed by atoms with Gasteiger partial charge in [0.1, 0.15) is 0 Å². The van der Waals surface area contributed by atoms with Gasteiger partial charge in [-0.3, -0.25) is 0 Å². The van der Waals surface area contributed by atoms with Crippen LogP contribution >= 0.6 is 15.8 Å². The lowest BCUT2D eigenvalue weighted by molar-refractivity contribution is -0.904. The summed E-state index contributed by atoms with van der Waals surface area (Å²) in [4.78, 5) is 0. The first-order chi connectivity index (χ1) is 5.68. The van der Waals surface area contributed by atoms with Gasteiger partial charge >= 0.3 is 5.80 Å². The fourth-order valence-electron chi connectivity index (χ4n) is 0.671. The van der Waals surface area contributed by atoms with E-state index in [-0.39, 0.29) is 0 Å². The van der Waals surface area contributed by atoms with E-state index in [1.165, 1.54) is 39.9 Å². The van der Waals surface area contributed by atoms with Crippen LogP contribution in [0.15, 0.2) is 0 Å². The molecule has 0 amide bonds. The van der Waals surface area contributed by atoms with Gasteiger partial charge in [0.2, 0.25) is 0 Å². The second-order valence-electron chi connectivity index (χ2n) is 3.06. The average Bonchev–Trinajstić information content (AvgIpc) is 2.00. The number of halogens is 4. The topological polar surface area (TPSA) is 0 Å². The minimum atomic E-state index is -4.69. The molecule has 0 heterocycles. The largest absolute Gasteiger partial charge is 0.548 e. The highest BCUT2D eigenvalue weighted by molar-refractivity contribution is 9.25. The molecule has 0 saturated carbocycles. The second-order valence-corrected chi connectivity index (χ2v) is 4.10. The van der Waals surface area contributed by atoms with Crippen molar-refractivity contribution >= 4 is 21.6 Å². The Morgan fingerprint density at radius 1 is 1.00 bits per heavy atom. The van der Waals surface area contributed by atoms with Crippen molar-refractivity contribution < 1.29 is 17.4 Å². The van der Waals surface area contributed by atoms with E-state index in [0.29, 0.717) is 0 Å². The third-order valence-corrected chi connectivity index (χ3v) is 2.29. The zero-order valence-corrected chi connectivity index (χ0v) is 10.2. The zero-order chi connectivity index (χ0) is 11.1. The van der Waals surface area contributed by atoms with Gasteiger partial charge < -0.3 is 17.4 Å². The van der Waals surface area contributed by atoms with Gasteiger partial charge in [0, 0.05) is 0 Å². The fourth-order valence-corrected chi connectivity index (χ4v) is 0.671. The van der Waals surface area contributed by atoms with E-state index in [2.05, 4.69) is 27.8 Å². The van der Waals surface area contributed by atoms with Gasteiger partial charge in [0.15, 0.2) is 0 Å². The van der Waals surface area contributed by atoms with Crippen LogP contribution in [0, 0.1) is 0 Å². The van der Waals surface area contributed by atoms with Gasteiger partial charge in [-0.05, 0) is 20.8 Å². The molecule has 0 radical (unpaired) electrons. The monoisotopic (exact) mass is 263 g/mol. The molecule has 0 fully saturated rings. The van der Waals surface area contributed by atoms with Crippen LogP contribution in [0.25, 0.3) is 0 Å². The summed E-state index contributed by atoms with van der Waals surface area (Å²) in [6.07, 6.45) is 0. The Morgan fingerprint density at radius 3 is 1.15 bits per heavy atom. The molecule has 1 nitrogen and oxygen atoms in total. The number of nitrogens with zero attached hydrogens (tertiary/aromatic N) is 1. The number of rotatable bonds is 3. The van der Waals surface area contributed by atoms with Crippen molar-refractivity contribution in [2.24, 2.45) is 0 Å². The van der Waals surface area contributed by atoms with Crippen LogP contribution in [0.3, 0.4) is 0 Å². The van der Waals surface area contributed by atoms with Crippen molar-refractivity contribution in [3.05, 3.63) is 0 Å². The first-order valence-electron chi connectivity index (χ1n) is 4.39. The van der Waals surface area contributed by atoms with Crippen molar-refractivity contribution in [2.75, 3.05) is 26.7 Å². The quantitative estimate of drug-likeness (QED) is 0.542. The van der Waals surface area contributed by atoms with Crippen LogP contribution < -0.4 is 0 Å². The fraction of sp³-hybridized carbons (Fsp3) is 1.00. The molecule has 0 aromatic rings. The Hall–Kier alpha value is 0.295. The van der Waals surface area contributed by atoms with Crippen LogP contribution in [0.1, 0.15) is 20.8 Å². The normalized spacial score (nSPS) is 12.0. The van der Waals surface area contributed by atoms with E-state index < -0.39 is 5.80 Å². The Bertz CT molecular complexity index is 111. The van der Waals surface area contributed by atoms with Gasteiger partial charge in [-0.15, -0.1) is 0 Å². The van der Waals surface area contributed by atoms with Gasteiger partial charge in [-0.2, -0.15) is 0 Å². The molecule has 0 aliphatic carbocycles. The smallest absolute Gasteiger partial charge is 0.439 e. The average molecular weight is 264 g/mol. The molecule has 0 saturated heterocycles. The first kappa shape index (κ1) is 15.8. The molecule has 0 aromatic heterocycles. The molecular weight excluding hydrogens is 246 g/mol. The van der Waals surface area contributed by atoms with Crippen molar-refractivity contribution in [1.82, 2.24) is 0 Å². The van der Waals surface area contributed by atoms with E-state index in [4.69, 9.17) is 0 Å². The molecule has 0 spiro atoms. The molecule has 0 rings (SSSR count). The summed E-state index contributed by atoms with van der Waals surface area (Å²) in [7, 11) is 2.29. The van der Waals surface area contributed by atoms with E-state index in [1.807, 2.05) is 0 Å². The lowest BCUT2D eigenvalue weighted by atomic mass is 10.4. The van der Waals surface area contributed by atoms with Crippen molar-refractivity contribution in [1.29, 1.82) is 0 Å². The zero-order valence-electron chi connectivity index (χ0n) is 8.66. The molecule has 0 bridgehead atoms. The summed E-state index contributed by atoms with van der Waals surface area (Å²) < 4.78 is 32.2. The first-order valence-corrected chi connectivity index (χ1v) is 5.31. The van der Waals surface area contributed by atoms with Crippen molar-refractivity contribution in [2.45, 2.75) is 20.8 Å². The third-order valence-electron chi connectivity index (χ3n) is 2.29. The van der Waals surface area contributed by atoms with Crippen LogP contribution in [0.5, 0.6) is 0 Å². The highest BCUT2D eigenvalue weighted by Crippen LogP contribution is 2.14. The van der Waals surface area contributed by atoms with Crippen LogP contribution in [0.4, 0.5) is 12.9 Å². The number of hydrogen-bond acceptors (Lipinski definition) is 0. The third kappa shape index (κ3) is 15.1. The van der Waals surface area contributed by atoms with Gasteiger partial charge in [-0.1, -0.05) is 0 Å². The van der Waals surface area contributed by atoms with E-state index in [0.717, 1.165) is 0 Å². The Morgan fingerprint density at radius 2 is 1.15 bits per heavy atom. The van der Waals surface area contributed by atoms with Crippen molar-refractivity contribution in [3.63, 3.8) is 0 Å².